The molecule has 0 aliphatic carbocycles. The second-order valence-corrected chi connectivity index (χ2v) is 7.62. The third-order valence-electron chi connectivity index (χ3n) is 5.58. The van der Waals surface area contributed by atoms with Crippen LogP contribution in [0, 0.1) is 11.2 Å². The van der Waals surface area contributed by atoms with Gasteiger partial charge in [0.15, 0.2) is 5.82 Å². The van der Waals surface area contributed by atoms with Crippen molar-refractivity contribution < 1.29 is 9.18 Å². The van der Waals surface area contributed by atoms with E-state index in [1.54, 1.807) is 17.3 Å². The molecule has 1 fully saturated rings. The van der Waals surface area contributed by atoms with E-state index in [0.717, 1.165) is 43.4 Å². The van der Waals surface area contributed by atoms with Crippen molar-refractivity contribution in [3.05, 3.63) is 60.4 Å². The molecule has 0 spiro atoms. The molecule has 9 heteroatoms. The summed E-state index contributed by atoms with van der Waals surface area (Å²) in [7, 11) is 0. The smallest absolute Gasteiger partial charge is 0.327 e. The third kappa shape index (κ3) is 3.58. The Morgan fingerprint density at radius 1 is 1.19 bits per heavy atom. The summed E-state index contributed by atoms with van der Waals surface area (Å²) < 4.78 is 13.5. The molecule has 0 unspecified atom stereocenters. The second-order valence-electron chi connectivity index (χ2n) is 7.62. The average molecular weight is 417 g/mol. The number of halogens is 1. The molecule has 0 aromatic carbocycles. The van der Waals surface area contributed by atoms with Crippen molar-refractivity contribution in [1.29, 1.82) is 5.41 Å². The number of pyridine rings is 3. The lowest BCUT2D eigenvalue weighted by atomic mass is 9.99. The maximum Gasteiger partial charge on any atom is 0.327 e. The molecule has 0 saturated carbocycles. The molecule has 8 nitrogen and oxygen atoms in total. The molecule has 1 saturated heterocycles. The van der Waals surface area contributed by atoms with Gasteiger partial charge in [-0.2, -0.15) is 0 Å². The van der Waals surface area contributed by atoms with E-state index in [4.69, 9.17) is 10.4 Å². The van der Waals surface area contributed by atoms with Crippen molar-refractivity contribution in [2.45, 2.75) is 18.9 Å². The largest absolute Gasteiger partial charge is 0.366 e. The molecule has 2 aliphatic rings. The van der Waals surface area contributed by atoms with Gasteiger partial charge in [-0.25, -0.2) is 14.2 Å². The first-order chi connectivity index (χ1) is 15.1. The van der Waals surface area contributed by atoms with Crippen molar-refractivity contribution in [3.63, 3.8) is 0 Å². The highest BCUT2D eigenvalue weighted by Crippen LogP contribution is 2.39. The zero-order valence-electron chi connectivity index (χ0n) is 16.6. The van der Waals surface area contributed by atoms with Gasteiger partial charge in [0.05, 0.1) is 35.5 Å². The molecule has 5 heterocycles. The van der Waals surface area contributed by atoms with E-state index >= 15 is 0 Å². The Morgan fingerprint density at radius 2 is 2.06 bits per heavy atom. The number of hydrogen-bond acceptors (Lipinski definition) is 6. The normalized spacial score (nSPS) is 17.1. The van der Waals surface area contributed by atoms with E-state index in [0.29, 0.717) is 22.8 Å². The van der Waals surface area contributed by atoms with Crippen LogP contribution < -0.4 is 15.1 Å². The van der Waals surface area contributed by atoms with Gasteiger partial charge in [0.1, 0.15) is 5.82 Å². The molecule has 2 amide bonds. The van der Waals surface area contributed by atoms with Crippen LogP contribution in [-0.2, 0) is 0 Å². The molecule has 2 aliphatic heterocycles. The molecule has 156 valence electrons. The van der Waals surface area contributed by atoms with Gasteiger partial charge in [0.2, 0.25) is 0 Å². The molecule has 2 N–H and O–H groups in total. The molecule has 5 rings (SSSR count). The lowest BCUT2D eigenvalue weighted by Crippen LogP contribution is -2.56. The monoisotopic (exact) mass is 417 g/mol. The predicted molar refractivity (Wildman–Crippen MR) is 116 cm³/mol. The van der Waals surface area contributed by atoms with Crippen LogP contribution in [0.1, 0.15) is 18.4 Å². The number of nitrogens with one attached hydrogen (secondary N) is 2. The van der Waals surface area contributed by atoms with Crippen LogP contribution in [0.5, 0.6) is 0 Å². The second kappa shape index (κ2) is 7.75. The van der Waals surface area contributed by atoms with Crippen LogP contribution in [0.4, 0.5) is 26.4 Å². The zero-order chi connectivity index (χ0) is 21.4. The minimum atomic E-state index is -0.514. The van der Waals surface area contributed by atoms with Crippen molar-refractivity contribution in [3.8, 4) is 11.3 Å². The number of carbonyl (C=O) groups excluding carboxylic acids is 1. The highest BCUT2D eigenvalue weighted by molar-refractivity contribution is 6.04. The number of amides is 2. The number of carbonyl (C=O) groups is 1. The fraction of sp³-hybridized carbons (Fsp3) is 0.227. The minimum Gasteiger partial charge on any atom is -0.366 e. The summed E-state index contributed by atoms with van der Waals surface area (Å²) in [5.41, 5.74) is 3.30. The standard InChI is InChI=1S/C22H20FN7O/c23-16-7-17(12-26-11-16)27-22(31)30-18-2-1-5-29(13-18)20-4-3-19(28-21(20)30)15-6-14(8-24)9-25-10-15/h3-4,6-12,18,24H,1-2,5,13H2,(H,27,31)/t18-/m0/s1. The quantitative estimate of drug-likeness (QED) is 0.634. The Morgan fingerprint density at radius 3 is 2.90 bits per heavy atom. The van der Waals surface area contributed by atoms with Crippen molar-refractivity contribution >= 4 is 29.4 Å². The Kier molecular flexibility index (Phi) is 4.78. The molecule has 31 heavy (non-hydrogen) atoms. The van der Waals surface area contributed by atoms with Gasteiger partial charge in [0, 0.05) is 48.9 Å². The molecule has 2 bridgehead atoms. The lowest BCUT2D eigenvalue weighted by Gasteiger charge is -2.45. The topological polar surface area (TPSA) is 98.1 Å². The van der Waals surface area contributed by atoms with Gasteiger partial charge < -0.3 is 15.6 Å². The molecular formula is C22H20FN7O. The third-order valence-corrected chi connectivity index (χ3v) is 5.58. The Hall–Kier alpha value is -3.88. The van der Waals surface area contributed by atoms with E-state index in [1.165, 1.54) is 18.5 Å². The SMILES string of the molecule is N=Cc1cncc(-c2ccc3c(n2)N(C(=O)Nc2cncc(F)c2)[C@H]2CCCN3C2)c1. The van der Waals surface area contributed by atoms with Crippen molar-refractivity contribution in [2.24, 2.45) is 0 Å². The molecule has 3 aromatic heterocycles. The first kappa shape index (κ1) is 19.1. The van der Waals surface area contributed by atoms with Gasteiger partial charge in [0.25, 0.3) is 0 Å². The highest BCUT2D eigenvalue weighted by atomic mass is 19.1. The summed E-state index contributed by atoms with van der Waals surface area (Å²) in [5, 5.41) is 10.2. The summed E-state index contributed by atoms with van der Waals surface area (Å²) in [6, 6.07) is 6.56. The number of aromatic nitrogens is 3. The summed E-state index contributed by atoms with van der Waals surface area (Å²) in [4.78, 5) is 30.0. The van der Waals surface area contributed by atoms with Crippen LogP contribution in [0.15, 0.2) is 49.1 Å². The van der Waals surface area contributed by atoms with Gasteiger partial charge in [-0.05, 0) is 31.0 Å². The zero-order valence-corrected chi connectivity index (χ0v) is 16.6. The van der Waals surface area contributed by atoms with Gasteiger partial charge in [-0.1, -0.05) is 0 Å². The first-order valence-corrected chi connectivity index (χ1v) is 10.0. The Bertz CT molecular complexity index is 1170. The summed E-state index contributed by atoms with van der Waals surface area (Å²) in [6.45, 7) is 1.65. The minimum absolute atomic E-state index is 0.0310. The van der Waals surface area contributed by atoms with Crippen LogP contribution in [0.2, 0.25) is 0 Å². The molecule has 3 aromatic rings. The van der Waals surface area contributed by atoms with Crippen LogP contribution in [0.3, 0.4) is 0 Å². The number of urea groups is 1. The number of hydrogen-bond donors (Lipinski definition) is 2. The van der Waals surface area contributed by atoms with Crippen molar-refractivity contribution in [2.75, 3.05) is 28.2 Å². The highest BCUT2D eigenvalue weighted by Gasteiger charge is 2.38. The fourth-order valence-corrected chi connectivity index (χ4v) is 4.19. The summed E-state index contributed by atoms with van der Waals surface area (Å²) in [6.07, 6.45) is 8.88. The number of piperidine rings is 1. The molecular weight excluding hydrogens is 397 g/mol. The maximum absolute atomic E-state index is 13.5. The lowest BCUT2D eigenvalue weighted by molar-refractivity contribution is 0.252. The first-order valence-electron chi connectivity index (χ1n) is 10.0. The molecule has 1 atom stereocenters. The van der Waals surface area contributed by atoms with Gasteiger partial charge in [-0.3, -0.25) is 14.9 Å². The van der Waals surface area contributed by atoms with Crippen LogP contribution in [-0.4, -0.2) is 46.3 Å². The maximum atomic E-state index is 13.5. The number of fused-ring (bicyclic) bond motifs is 4. The van der Waals surface area contributed by atoms with E-state index in [2.05, 4.69) is 20.2 Å². The van der Waals surface area contributed by atoms with Crippen LogP contribution >= 0.6 is 0 Å². The Balaban J connectivity index is 1.55. The van der Waals surface area contributed by atoms with E-state index in [9.17, 15) is 9.18 Å². The van der Waals surface area contributed by atoms with Gasteiger partial charge >= 0.3 is 6.03 Å². The Labute approximate surface area is 178 Å². The summed E-state index contributed by atoms with van der Waals surface area (Å²) in [5.74, 6) is 0.0512. The average Bonchev–Trinajstić information content (AvgIpc) is 2.79. The van der Waals surface area contributed by atoms with E-state index < -0.39 is 5.82 Å². The van der Waals surface area contributed by atoms with Crippen molar-refractivity contribution in [1.82, 2.24) is 15.0 Å². The van der Waals surface area contributed by atoms with E-state index in [-0.39, 0.29) is 12.1 Å². The summed E-state index contributed by atoms with van der Waals surface area (Å²) >= 11 is 0. The molecule has 0 radical (unpaired) electrons. The fourth-order valence-electron chi connectivity index (χ4n) is 4.19. The van der Waals surface area contributed by atoms with Gasteiger partial charge in [-0.15, -0.1) is 0 Å². The van der Waals surface area contributed by atoms with Crippen LogP contribution in [0.25, 0.3) is 11.3 Å². The van der Waals surface area contributed by atoms with E-state index in [1.807, 2.05) is 18.2 Å². The number of nitrogens with zero attached hydrogens (tertiary/aromatic N) is 5. The predicted octanol–water partition coefficient (Wildman–Crippen LogP) is 3.70. The number of rotatable bonds is 3. The number of anilines is 3.